The van der Waals surface area contributed by atoms with Crippen LogP contribution in [0.2, 0.25) is 0 Å². The van der Waals surface area contributed by atoms with Gasteiger partial charge in [0.25, 0.3) is 0 Å². The molecule has 0 unspecified atom stereocenters. The van der Waals surface area contributed by atoms with Crippen LogP contribution in [0.15, 0.2) is 36.5 Å². The second-order valence-corrected chi connectivity index (χ2v) is 7.44. The fourth-order valence-electron chi connectivity index (χ4n) is 3.63. The minimum absolute atomic E-state index is 0.0487. The SMILES string of the molecule is O=C(CN1Cc2c(ccc(F)c2F)NC1=O)N1CCC=C(c2ccc(C(F)(F)F)nc2)C1. The van der Waals surface area contributed by atoms with E-state index >= 15 is 0 Å². The van der Waals surface area contributed by atoms with Crippen molar-refractivity contribution in [1.82, 2.24) is 14.8 Å². The minimum Gasteiger partial charge on any atom is -0.337 e. The molecule has 0 saturated carbocycles. The number of nitrogens with zero attached hydrogens (tertiary/aromatic N) is 3. The van der Waals surface area contributed by atoms with E-state index in [-0.39, 0.29) is 30.9 Å². The van der Waals surface area contributed by atoms with Crippen molar-refractivity contribution in [1.29, 1.82) is 0 Å². The first-order chi connectivity index (χ1) is 15.1. The number of hydrogen-bond donors (Lipinski definition) is 1. The summed E-state index contributed by atoms with van der Waals surface area (Å²) in [6, 6.07) is 3.72. The summed E-state index contributed by atoms with van der Waals surface area (Å²) in [5, 5.41) is 2.44. The fraction of sp³-hybridized carbons (Fsp3) is 0.286. The first-order valence-corrected chi connectivity index (χ1v) is 9.66. The van der Waals surface area contributed by atoms with Gasteiger partial charge in [0, 0.05) is 24.8 Å². The smallest absolute Gasteiger partial charge is 0.337 e. The molecule has 11 heteroatoms. The number of amides is 3. The molecular formula is C21H17F5N4O2. The van der Waals surface area contributed by atoms with Crippen molar-refractivity contribution in [3.8, 4) is 0 Å². The van der Waals surface area contributed by atoms with Gasteiger partial charge < -0.3 is 15.1 Å². The lowest BCUT2D eigenvalue weighted by molar-refractivity contribution is -0.141. The predicted molar refractivity (Wildman–Crippen MR) is 104 cm³/mol. The second-order valence-electron chi connectivity index (χ2n) is 7.44. The normalized spacial score (nSPS) is 16.4. The maximum Gasteiger partial charge on any atom is 0.433 e. The molecule has 0 spiro atoms. The van der Waals surface area contributed by atoms with Crippen LogP contribution in [0.4, 0.5) is 32.4 Å². The molecule has 3 amide bonds. The molecule has 6 nitrogen and oxygen atoms in total. The van der Waals surface area contributed by atoms with Crippen LogP contribution in [-0.4, -0.2) is 46.4 Å². The Bertz CT molecular complexity index is 1100. The van der Waals surface area contributed by atoms with Crippen LogP contribution in [0.3, 0.4) is 0 Å². The summed E-state index contributed by atoms with van der Waals surface area (Å²) < 4.78 is 65.7. The van der Waals surface area contributed by atoms with Crippen molar-refractivity contribution in [2.45, 2.75) is 19.1 Å². The van der Waals surface area contributed by atoms with Gasteiger partial charge in [-0.2, -0.15) is 13.2 Å². The van der Waals surface area contributed by atoms with E-state index in [1.165, 1.54) is 17.0 Å². The summed E-state index contributed by atoms with van der Waals surface area (Å²) >= 11 is 0. The van der Waals surface area contributed by atoms with Gasteiger partial charge in [-0.25, -0.2) is 13.6 Å². The average molecular weight is 452 g/mol. The van der Waals surface area contributed by atoms with Gasteiger partial charge in [-0.05, 0) is 35.8 Å². The number of halogens is 5. The van der Waals surface area contributed by atoms with E-state index in [0.717, 1.165) is 23.2 Å². The van der Waals surface area contributed by atoms with Gasteiger partial charge in [0.05, 0.1) is 12.2 Å². The molecule has 0 aliphatic carbocycles. The van der Waals surface area contributed by atoms with Crippen LogP contribution < -0.4 is 5.32 Å². The van der Waals surface area contributed by atoms with Gasteiger partial charge in [-0.3, -0.25) is 9.78 Å². The Morgan fingerprint density at radius 1 is 1.12 bits per heavy atom. The maximum absolute atomic E-state index is 14.1. The first-order valence-electron chi connectivity index (χ1n) is 9.66. The Morgan fingerprint density at radius 3 is 2.59 bits per heavy atom. The van der Waals surface area contributed by atoms with E-state index in [4.69, 9.17) is 0 Å². The maximum atomic E-state index is 14.1. The third kappa shape index (κ3) is 4.27. The fourth-order valence-corrected chi connectivity index (χ4v) is 3.63. The molecule has 0 bridgehead atoms. The summed E-state index contributed by atoms with van der Waals surface area (Å²) in [7, 11) is 0. The number of carbonyl (C=O) groups excluding carboxylic acids is 2. The molecule has 1 N–H and O–H groups in total. The number of fused-ring (bicyclic) bond motifs is 1. The van der Waals surface area contributed by atoms with Gasteiger partial charge >= 0.3 is 12.2 Å². The van der Waals surface area contributed by atoms with Gasteiger partial charge in [-0.1, -0.05) is 12.1 Å². The van der Waals surface area contributed by atoms with Crippen LogP contribution in [0.1, 0.15) is 23.2 Å². The number of nitrogens with one attached hydrogen (secondary N) is 1. The summed E-state index contributed by atoms with van der Waals surface area (Å²) in [4.78, 5) is 31.0. The number of carbonyl (C=O) groups is 2. The van der Waals surface area contributed by atoms with Gasteiger partial charge in [-0.15, -0.1) is 0 Å². The third-order valence-corrected chi connectivity index (χ3v) is 5.33. The molecule has 32 heavy (non-hydrogen) atoms. The lowest BCUT2D eigenvalue weighted by atomic mass is 10.0. The van der Waals surface area contributed by atoms with E-state index in [9.17, 15) is 31.5 Å². The molecule has 0 atom stereocenters. The largest absolute Gasteiger partial charge is 0.433 e. The first kappa shape index (κ1) is 21.7. The molecule has 4 rings (SSSR count). The number of benzene rings is 1. The number of alkyl halides is 3. The number of rotatable bonds is 3. The zero-order chi connectivity index (χ0) is 23.0. The lowest BCUT2D eigenvalue weighted by Gasteiger charge is -2.33. The Morgan fingerprint density at radius 2 is 1.91 bits per heavy atom. The number of aromatic nitrogens is 1. The molecule has 0 radical (unpaired) electrons. The van der Waals surface area contributed by atoms with Crippen molar-refractivity contribution in [3.63, 3.8) is 0 Å². The highest BCUT2D eigenvalue weighted by molar-refractivity contribution is 5.95. The molecule has 2 aromatic rings. The highest BCUT2D eigenvalue weighted by atomic mass is 19.4. The quantitative estimate of drug-likeness (QED) is 0.715. The zero-order valence-electron chi connectivity index (χ0n) is 16.5. The van der Waals surface area contributed by atoms with Crippen molar-refractivity contribution in [3.05, 3.63) is 65.0 Å². The molecular weight excluding hydrogens is 435 g/mol. The molecule has 1 aromatic carbocycles. The van der Waals surface area contributed by atoms with E-state index in [1.807, 2.05) is 6.08 Å². The minimum atomic E-state index is -4.54. The molecule has 2 aliphatic heterocycles. The predicted octanol–water partition coefficient (Wildman–Crippen LogP) is 4.04. The van der Waals surface area contributed by atoms with Gasteiger partial charge in [0.15, 0.2) is 11.6 Å². The lowest BCUT2D eigenvalue weighted by Crippen LogP contribution is -2.47. The van der Waals surface area contributed by atoms with Crippen LogP contribution in [0.25, 0.3) is 5.57 Å². The number of anilines is 1. The zero-order valence-corrected chi connectivity index (χ0v) is 16.5. The molecule has 168 valence electrons. The van der Waals surface area contributed by atoms with E-state index < -0.39 is 35.4 Å². The number of pyridine rings is 1. The van der Waals surface area contributed by atoms with Gasteiger partial charge in [0.2, 0.25) is 5.91 Å². The highest BCUT2D eigenvalue weighted by Gasteiger charge is 2.33. The van der Waals surface area contributed by atoms with Crippen molar-refractivity contribution in [2.24, 2.45) is 0 Å². The van der Waals surface area contributed by atoms with Crippen molar-refractivity contribution < 1.29 is 31.5 Å². The van der Waals surface area contributed by atoms with Crippen molar-refractivity contribution in [2.75, 3.05) is 25.0 Å². The van der Waals surface area contributed by atoms with Gasteiger partial charge in [0.1, 0.15) is 12.2 Å². The third-order valence-electron chi connectivity index (χ3n) is 5.33. The summed E-state index contributed by atoms with van der Waals surface area (Å²) in [6.07, 6.45) is -1.15. The van der Waals surface area contributed by atoms with Crippen LogP contribution in [0, 0.1) is 11.6 Å². The molecule has 1 aromatic heterocycles. The van der Waals surface area contributed by atoms with E-state index in [0.29, 0.717) is 24.1 Å². The number of hydrogen-bond acceptors (Lipinski definition) is 3. The Kier molecular flexibility index (Phi) is 5.57. The molecule has 2 aliphatic rings. The molecule has 0 saturated heterocycles. The molecule has 0 fully saturated rings. The molecule has 3 heterocycles. The van der Waals surface area contributed by atoms with Crippen LogP contribution in [-0.2, 0) is 17.5 Å². The van der Waals surface area contributed by atoms with E-state index in [1.54, 1.807) is 0 Å². The standard InChI is InChI=1S/C21H17F5N4O2/c22-15-4-5-16-14(19(15)23)10-30(20(32)28-16)11-18(31)29-7-1-2-13(9-29)12-3-6-17(27-8-12)21(24,25)26/h2-6,8H,1,7,9-11H2,(H,28,32). The summed E-state index contributed by atoms with van der Waals surface area (Å²) in [5.41, 5.74) is 0.179. The van der Waals surface area contributed by atoms with Crippen LogP contribution in [0.5, 0.6) is 0 Å². The Hall–Kier alpha value is -3.50. The number of urea groups is 1. The topological polar surface area (TPSA) is 65.5 Å². The van der Waals surface area contributed by atoms with Crippen molar-refractivity contribution >= 4 is 23.2 Å². The second kappa shape index (κ2) is 8.21. The average Bonchev–Trinajstić information content (AvgIpc) is 2.77. The summed E-state index contributed by atoms with van der Waals surface area (Å²) in [6.45, 7) is -0.151. The van der Waals surface area contributed by atoms with Crippen LogP contribution >= 0.6 is 0 Å². The monoisotopic (exact) mass is 452 g/mol. The Balaban J connectivity index is 1.44. The highest BCUT2D eigenvalue weighted by Crippen LogP contribution is 2.30. The Labute approximate surface area is 179 Å². The van der Waals surface area contributed by atoms with E-state index in [2.05, 4.69) is 10.3 Å². The summed E-state index contributed by atoms with van der Waals surface area (Å²) in [5.74, 6) is -2.56.